The molecule has 0 aliphatic carbocycles. The number of carbonyl (C=O) groups excluding carboxylic acids is 4. The number of sulfonamides is 4. The highest BCUT2D eigenvalue weighted by molar-refractivity contribution is 7.93. The minimum Gasteiger partial charge on any atom is -0.462 e. The van der Waals surface area contributed by atoms with Crippen LogP contribution in [0.5, 0.6) is 0 Å². The van der Waals surface area contributed by atoms with Crippen LogP contribution in [0.1, 0.15) is 45.7 Å². The number of carbonyl (C=O) groups is 4. The van der Waals surface area contributed by atoms with Gasteiger partial charge < -0.3 is 20.1 Å². The second-order valence-corrected chi connectivity index (χ2v) is 20.1. The summed E-state index contributed by atoms with van der Waals surface area (Å²) < 4.78 is 127. The molecule has 64 heavy (non-hydrogen) atoms. The first kappa shape index (κ1) is 48.0. The third-order valence-corrected chi connectivity index (χ3v) is 14.1. The Bertz CT molecular complexity index is 2830. The van der Waals surface area contributed by atoms with Gasteiger partial charge in [-0.15, -0.1) is 0 Å². The van der Waals surface area contributed by atoms with Gasteiger partial charge in [0.2, 0.25) is 0 Å². The number of amides is 4. The fourth-order valence-corrected chi connectivity index (χ4v) is 9.84. The summed E-state index contributed by atoms with van der Waals surface area (Å²) in [7, 11) is -19.3. The zero-order valence-corrected chi connectivity index (χ0v) is 37.4. The molecule has 4 amide bonds. The van der Waals surface area contributed by atoms with E-state index in [0.29, 0.717) is 23.3 Å². The Labute approximate surface area is 369 Å². The molecule has 0 unspecified atom stereocenters. The molecule has 0 bridgehead atoms. The lowest BCUT2D eigenvalue weighted by molar-refractivity contribution is 0.0517. The minimum atomic E-state index is -5.05. The Balaban J connectivity index is 1.64. The quantitative estimate of drug-likeness (QED) is 0.0687. The van der Waals surface area contributed by atoms with E-state index in [0.717, 1.165) is 0 Å². The lowest BCUT2D eigenvalue weighted by Crippen LogP contribution is -2.36. The number of hydrogen-bond donors (Lipinski definition) is 6. The Hall–Kier alpha value is -7.02. The monoisotopic (exact) mass is 956 g/mol. The summed E-state index contributed by atoms with van der Waals surface area (Å²) >= 11 is 0. The maximum Gasteiger partial charge on any atom is 0.338 e. The summed E-state index contributed by atoms with van der Waals surface area (Å²) in [5.41, 5.74) is -0.554. The van der Waals surface area contributed by atoms with Crippen LogP contribution in [0.2, 0.25) is 0 Å². The van der Waals surface area contributed by atoms with E-state index < -0.39 is 85.3 Å². The highest BCUT2D eigenvalue weighted by atomic mass is 32.2. The molecule has 338 valence electrons. The Morgan fingerprint density at radius 1 is 0.453 bits per heavy atom. The zero-order chi connectivity index (χ0) is 47.0. The van der Waals surface area contributed by atoms with Crippen molar-refractivity contribution in [3.63, 3.8) is 0 Å². The lowest BCUT2D eigenvalue weighted by atomic mass is 10.2. The van der Waals surface area contributed by atoms with Gasteiger partial charge in [0.15, 0.2) is 0 Å². The Morgan fingerprint density at radius 2 is 0.781 bits per heavy atom. The number of ether oxygens (including phenoxy) is 2. The molecule has 0 aliphatic heterocycles. The largest absolute Gasteiger partial charge is 0.462 e. The number of urea groups is 2. The van der Waals surface area contributed by atoms with Crippen LogP contribution in [0.15, 0.2) is 129 Å². The number of hydrogen-bond acceptors (Lipinski definition) is 14. The molecule has 5 rings (SSSR count). The van der Waals surface area contributed by atoms with E-state index in [-0.39, 0.29) is 45.5 Å². The van der Waals surface area contributed by atoms with Gasteiger partial charge in [-0.2, -0.15) is 0 Å². The van der Waals surface area contributed by atoms with Crippen LogP contribution in [0, 0.1) is 13.8 Å². The van der Waals surface area contributed by atoms with Crippen molar-refractivity contribution in [2.45, 2.75) is 47.3 Å². The predicted octanol–water partition coefficient (Wildman–Crippen LogP) is 5.28. The van der Waals surface area contributed by atoms with E-state index in [2.05, 4.69) is 20.1 Å². The van der Waals surface area contributed by atoms with Crippen LogP contribution in [0.3, 0.4) is 0 Å². The van der Waals surface area contributed by atoms with E-state index >= 15 is 0 Å². The maximum absolute atomic E-state index is 14.2. The smallest absolute Gasteiger partial charge is 0.338 e. The Morgan fingerprint density at radius 3 is 1.09 bits per heavy atom. The topological polar surface area (TPSA) is 295 Å². The third-order valence-electron chi connectivity index (χ3n) is 8.57. The normalized spacial score (nSPS) is 11.7. The van der Waals surface area contributed by atoms with Gasteiger partial charge in [0.25, 0.3) is 40.1 Å². The van der Waals surface area contributed by atoms with Crippen LogP contribution in [-0.2, 0) is 49.6 Å². The first-order valence-corrected chi connectivity index (χ1v) is 24.6. The number of benzene rings is 5. The molecular weight excluding hydrogens is 917 g/mol. The first-order valence-electron chi connectivity index (χ1n) is 18.6. The van der Waals surface area contributed by atoms with Crippen LogP contribution in [-0.4, -0.2) is 70.9 Å². The summed E-state index contributed by atoms with van der Waals surface area (Å²) in [6.45, 7) is 6.64. The van der Waals surface area contributed by atoms with Gasteiger partial charge in [-0.3, -0.25) is 9.44 Å². The van der Waals surface area contributed by atoms with Crippen molar-refractivity contribution in [2.24, 2.45) is 0 Å². The molecule has 5 aromatic rings. The van der Waals surface area contributed by atoms with Crippen molar-refractivity contribution in [1.29, 1.82) is 0 Å². The highest BCUT2D eigenvalue weighted by Crippen LogP contribution is 2.35. The first-order chi connectivity index (χ1) is 30.0. The van der Waals surface area contributed by atoms with E-state index in [1.807, 2.05) is 0 Å². The molecule has 0 spiro atoms. The summed E-state index contributed by atoms with van der Waals surface area (Å²) in [4.78, 5) is 48.5. The SMILES string of the molecule is CCOC(=O)c1ccc(NS(=O)(=O)c2cc(S(=O)(=O)Nc3ccc(C(=O)OCC)cc3)c(NC(=O)NS(=O)(=O)c3ccc(C)cc3)cc2NC(=O)NS(=O)(=O)c2ccc(C)cc2)cc1. The zero-order valence-electron chi connectivity index (χ0n) is 34.2. The molecule has 0 heterocycles. The van der Waals surface area contributed by atoms with Gasteiger partial charge in [0, 0.05) is 11.4 Å². The third kappa shape index (κ3) is 12.1. The molecule has 0 saturated heterocycles. The van der Waals surface area contributed by atoms with Crippen LogP contribution >= 0.6 is 0 Å². The van der Waals surface area contributed by atoms with Gasteiger partial charge >= 0.3 is 24.0 Å². The molecule has 0 atom stereocenters. The fraction of sp³-hybridized carbons (Fsp3) is 0.150. The second kappa shape index (κ2) is 19.6. The summed E-state index contributed by atoms with van der Waals surface area (Å²) in [6, 6.07) is 18.2. The van der Waals surface area contributed by atoms with Gasteiger partial charge in [0.05, 0.1) is 45.5 Å². The van der Waals surface area contributed by atoms with Crippen molar-refractivity contribution in [3.8, 4) is 0 Å². The van der Waals surface area contributed by atoms with E-state index in [1.165, 1.54) is 97.1 Å². The average molecular weight is 957 g/mol. The molecular formula is C40H40N6O14S4. The summed E-state index contributed by atoms with van der Waals surface area (Å²) in [5, 5.41) is 4.14. The van der Waals surface area contributed by atoms with Crippen molar-refractivity contribution in [3.05, 3.63) is 131 Å². The molecule has 0 radical (unpaired) electrons. The Kier molecular flexibility index (Phi) is 14.7. The van der Waals surface area contributed by atoms with Crippen molar-refractivity contribution >= 4 is 86.8 Å². The van der Waals surface area contributed by atoms with E-state index in [9.17, 15) is 52.8 Å². The van der Waals surface area contributed by atoms with Crippen molar-refractivity contribution < 1.29 is 62.3 Å². The molecule has 0 aromatic heterocycles. The maximum atomic E-state index is 14.2. The average Bonchev–Trinajstić information content (AvgIpc) is 3.21. The van der Waals surface area contributed by atoms with Crippen LogP contribution in [0.4, 0.5) is 32.3 Å². The summed E-state index contributed by atoms with van der Waals surface area (Å²) in [5.74, 6) is -1.43. The standard InChI is InChI=1S/C40H40N6O14S4/c1-5-59-37(47)27-11-15-29(16-12-27)43-63(55,56)35-24-36(64(57,58)44-30-17-13-28(14-18-30)38(48)60-6-2)34(42-40(50)46-62(53,54)32-21-9-26(4)10-22-32)23-33(35)41-39(49)45-61(51,52)31-19-7-25(3)8-20-31/h7-24,43-44H,5-6H2,1-4H3,(H2,41,45,49)(H2,42,46,50). The summed E-state index contributed by atoms with van der Waals surface area (Å²) in [6.07, 6.45) is 0. The molecule has 5 aromatic carbocycles. The van der Waals surface area contributed by atoms with Crippen molar-refractivity contribution in [1.82, 2.24) is 9.44 Å². The van der Waals surface area contributed by atoms with Gasteiger partial charge in [0.1, 0.15) is 9.79 Å². The molecule has 20 nitrogen and oxygen atoms in total. The fourth-order valence-electron chi connectivity index (χ4n) is 5.49. The molecule has 6 N–H and O–H groups in total. The van der Waals surface area contributed by atoms with E-state index in [1.54, 1.807) is 37.1 Å². The highest BCUT2D eigenvalue weighted by Gasteiger charge is 2.31. The van der Waals surface area contributed by atoms with Gasteiger partial charge in [-0.1, -0.05) is 35.4 Å². The molecule has 0 fully saturated rings. The lowest BCUT2D eigenvalue weighted by Gasteiger charge is -2.19. The minimum absolute atomic E-state index is 0.0476. The van der Waals surface area contributed by atoms with Crippen molar-refractivity contribution in [2.75, 3.05) is 33.3 Å². The van der Waals surface area contributed by atoms with Gasteiger partial charge in [-0.05, 0) is 113 Å². The number of anilines is 4. The molecule has 0 saturated carbocycles. The number of aryl methyl sites for hydroxylation is 2. The predicted molar refractivity (Wildman–Crippen MR) is 234 cm³/mol. The number of esters is 2. The van der Waals surface area contributed by atoms with Crippen LogP contribution in [0.25, 0.3) is 0 Å². The molecule has 0 aliphatic rings. The number of rotatable bonds is 16. The van der Waals surface area contributed by atoms with E-state index in [4.69, 9.17) is 9.47 Å². The second-order valence-electron chi connectivity index (χ2n) is 13.4. The van der Waals surface area contributed by atoms with Gasteiger partial charge in [-0.25, -0.2) is 62.3 Å². The molecule has 24 heteroatoms. The number of nitrogens with one attached hydrogen (secondary N) is 6. The van der Waals surface area contributed by atoms with Crippen LogP contribution < -0.4 is 29.5 Å².